The Morgan fingerprint density at radius 3 is 2.90 bits per heavy atom. The van der Waals surface area contributed by atoms with Gasteiger partial charge in [0, 0.05) is 18.7 Å². The van der Waals surface area contributed by atoms with Crippen molar-refractivity contribution in [2.75, 3.05) is 26.2 Å². The van der Waals surface area contributed by atoms with E-state index in [1.165, 1.54) is 24.0 Å². The van der Waals surface area contributed by atoms with Crippen molar-refractivity contribution < 1.29 is 9.53 Å². The summed E-state index contributed by atoms with van der Waals surface area (Å²) < 4.78 is 5.69. The maximum atomic E-state index is 12.4. The molecule has 108 valence electrons. The van der Waals surface area contributed by atoms with Gasteiger partial charge < -0.3 is 4.74 Å². The predicted molar refractivity (Wildman–Crippen MR) is 79.3 cm³/mol. The fraction of sp³-hybridized carbons (Fsp3) is 0.588. The molecular formula is C17H23NO2. The molecule has 3 nitrogen and oxygen atoms in total. The Labute approximate surface area is 120 Å². The lowest BCUT2D eigenvalue weighted by molar-refractivity contribution is -0.0833. The van der Waals surface area contributed by atoms with E-state index >= 15 is 0 Å². The van der Waals surface area contributed by atoms with Gasteiger partial charge in [-0.05, 0) is 50.3 Å². The Morgan fingerprint density at radius 1 is 1.30 bits per heavy atom. The van der Waals surface area contributed by atoms with E-state index in [2.05, 4.69) is 30.9 Å². The van der Waals surface area contributed by atoms with Crippen LogP contribution in [0.1, 0.15) is 41.8 Å². The highest BCUT2D eigenvalue weighted by atomic mass is 16.5. The van der Waals surface area contributed by atoms with Crippen molar-refractivity contribution in [2.45, 2.75) is 38.7 Å². The molecule has 0 aromatic heterocycles. The van der Waals surface area contributed by atoms with Crippen molar-refractivity contribution in [3.63, 3.8) is 0 Å². The van der Waals surface area contributed by atoms with Crippen molar-refractivity contribution in [2.24, 2.45) is 0 Å². The minimum atomic E-state index is -0.142. The number of rotatable bonds is 3. The Morgan fingerprint density at radius 2 is 2.10 bits per heavy atom. The van der Waals surface area contributed by atoms with Gasteiger partial charge in [0.1, 0.15) is 0 Å². The highest BCUT2D eigenvalue weighted by molar-refractivity contribution is 5.97. The van der Waals surface area contributed by atoms with Gasteiger partial charge in [-0.3, -0.25) is 9.69 Å². The lowest BCUT2D eigenvalue weighted by Gasteiger charge is -2.37. The molecule has 1 heterocycles. The first kappa shape index (κ1) is 13.8. The van der Waals surface area contributed by atoms with Crippen LogP contribution in [0.4, 0.5) is 0 Å². The summed E-state index contributed by atoms with van der Waals surface area (Å²) in [6.45, 7) is 7.05. The number of nitrogens with zero attached hydrogens (tertiary/aromatic N) is 1. The lowest BCUT2D eigenvalue weighted by atomic mass is 10.0. The van der Waals surface area contributed by atoms with Gasteiger partial charge in [-0.2, -0.15) is 0 Å². The Kier molecular flexibility index (Phi) is 3.65. The molecule has 0 atom stereocenters. The van der Waals surface area contributed by atoms with Gasteiger partial charge in [-0.25, -0.2) is 0 Å². The summed E-state index contributed by atoms with van der Waals surface area (Å²) in [5.41, 5.74) is 3.53. The number of morpholine rings is 1. The Bertz CT molecular complexity index is 522. The summed E-state index contributed by atoms with van der Waals surface area (Å²) in [5, 5.41) is 0. The average Bonchev–Trinajstić information content (AvgIpc) is 2.84. The molecule has 1 aliphatic heterocycles. The van der Waals surface area contributed by atoms with E-state index in [1.54, 1.807) is 0 Å². The second kappa shape index (κ2) is 5.30. The van der Waals surface area contributed by atoms with Gasteiger partial charge in [0.15, 0.2) is 5.78 Å². The second-order valence-corrected chi connectivity index (χ2v) is 6.58. The fourth-order valence-corrected chi connectivity index (χ4v) is 3.29. The molecule has 0 N–H and O–H groups in total. The van der Waals surface area contributed by atoms with Gasteiger partial charge in [0.2, 0.25) is 0 Å². The number of ether oxygens (including phenoxy) is 1. The number of benzene rings is 1. The lowest BCUT2D eigenvalue weighted by Crippen LogP contribution is -2.49. The monoisotopic (exact) mass is 273 g/mol. The SMILES string of the molecule is CC1(C)CN(CC(=O)c2ccc3c(c2)CCC3)CCO1. The molecule has 0 spiro atoms. The van der Waals surface area contributed by atoms with Crippen LogP contribution in [0.15, 0.2) is 18.2 Å². The minimum absolute atomic E-state index is 0.142. The van der Waals surface area contributed by atoms with Crippen LogP contribution >= 0.6 is 0 Å². The van der Waals surface area contributed by atoms with Crippen LogP contribution in [0, 0.1) is 0 Å². The molecule has 1 aromatic carbocycles. The van der Waals surface area contributed by atoms with E-state index in [0.29, 0.717) is 13.2 Å². The number of carbonyl (C=O) groups is 1. The van der Waals surface area contributed by atoms with Crippen LogP contribution in [0.2, 0.25) is 0 Å². The normalized spacial score (nSPS) is 21.7. The maximum Gasteiger partial charge on any atom is 0.176 e. The number of ketones is 1. The van der Waals surface area contributed by atoms with E-state index in [-0.39, 0.29) is 11.4 Å². The van der Waals surface area contributed by atoms with Gasteiger partial charge >= 0.3 is 0 Å². The third kappa shape index (κ3) is 2.94. The highest BCUT2D eigenvalue weighted by Gasteiger charge is 2.28. The molecule has 1 aliphatic carbocycles. The van der Waals surface area contributed by atoms with Crippen LogP contribution < -0.4 is 0 Å². The summed E-state index contributed by atoms with van der Waals surface area (Å²) in [7, 11) is 0. The van der Waals surface area contributed by atoms with Crippen molar-refractivity contribution in [1.29, 1.82) is 0 Å². The van der Waals surface area contributed by atoms with Crippen molar-refractivity contribution in [3.8, 4) is 0 Å². The number of hydrogen-bond acceptors (Lipinski definition) is 3. The highest BCUT2D eigenvalue weighted by Crippen LogP contribution is 2.23. The summed E-state index contributed by atoms with van der Waals surface area (Å²) >= 11 is 0. The molecule has 2 aliphatic rings. The van der Waals surface area contributed by atoms with Crippen molar-refractivity contribution in [1.82, 2.24) is 4.90 Å². The summed E-state index contributed by atoms with van der Waals surface area (Å²) in [5.74, 6) is 0.234. The summed E-state index contributed by atoms with van der Waals surface area (Å²) in [6.07, 6.45) is 3.52. The molecule has 1 saturated heterocycles. The van der Waals surface area contributed by atoms with Crippen LogP contribution in [-0.4, -0.2) is 42.5 Å². The van der Waals surface area contributed by atoms with E-state index in [9.17, 15) is 4.79 Å². The Hall–Kier alpha value is -1.19. The van der Waals surface area contributed by atoms with Gasteiger partial charge in [0.25, 0.3) is 0 Å². The first-order valence-electron chi connectivity index (χ1n) is 7.55. The summed E-state index contributed by atoms with van der Waals surface area (Å²) in [6, 6.07) is 6.24. The van der Waals surface area contributed by atoms with E-state index < -0.39 is 0 Å². The number of hydrogen-bond donors (Lipinski definition) is 0. The zero-order valence-corrected chi connectivity index (χ0v) is 12.4. The molecule has 0 radical (unpaired) electrons. The smallest absolute Gasteiger partial charge is 0.176 e. The largest absolute Gasteiger partial charge is 0.373 e. The number of aryl methyl sites for hydroxylation is 2. The van der Waals surface area contributed by atoms with Gasteiger partial charge in [-0.15, -0.1) is 0 Å². The zero-order valence-electron chi connectivity index (χ0n) is 12.4. The molecule has 20 heavy (non-hydrogen) atoms. The van der Waals surface area contributed by atoms with E-state index in [1.807, 2.05) is 6.07 Å². The molecule has 1 aromatic rings. The molecule has 0 unspecified atom stereocenters. The number of carbonyl (C=O) groups excluding carboxylic acids is 1. The van der Waals surface area contributed by atoms with E-state index in [4.69, 9.17) is 4.74 Å². The second-order valence-electron chi connectivity index (χ2n) is 6.58. The predicted octanol–water partition coefficient (Wildman–Crippen LogP) is 2.47. The first-order valence-corrected chi connectivity index (χ1v) is 7.55. The molecule has 3 rings (SSSR count). The quantitative estimate of drug-likeness (QED) is 0.792. The molecule has 0 saturated carbocycles. The van der Waals surface area contributed by atoms with Crippen molar-refractivity contribution >= 4 is 5.78 Å². The third-order valence-corrected chi connectivity index (χ3v) is 4.29. The molecule has 0 amide bonds. The van der Waals surface area contributed by atoms with Crippen LogP contribution in [0.25, 0.3) is 0 Å². The van der Waals surface area contributed by atoms with E-state index in [0.717, 1.165) is 25.1 Å². The number of Topliss-reactive ketones (excluding diaryl/α,β-unsaturated/α-hetero) is 1. The van der Waals surface area contributed by atoms with Crippen LogP contribution in [-0.2, 0) is 17.6 Å². The minimum Gasteiger partial charge on any atom is -0.373 e. The zero-order chi connectivity index (χ0) is 14.2. The topological polar surface area (TPSA) is 29.5 Å². The molecule has 3 heteroatoms. The molecule has 0 bridgehead atoms. The summed E-state index contributed by atoms with van der Waals surface area (Å²) in [4.78, 5) is 14.6. The number of fused-ring (bicyclic) bond motifs is 1. The Balaban J connectivity index is 1.67. The van der Waals surface area contributed by atoms with Crippen LogP contribution in [0.3, 0.4) is 0 Å². The van der Waals surface area contributed by atoms with Gasteiger partial charge in [-0.1, -0.05) is 12.1 Å². The van der Waals surface area contributed by atoms with Gasteiger partial charge in [0.05, 0.1) is 18.8 Å². The average molecular weight is 273 g/mol. The fourth-order valence-electron chi connectivity index (χ4n) is 3.29. The molecule has 1 fully saturated rings. The first-order chi connectivity index (χ1) is 9.53. The van der Waals surface area contributed by atoms with Crippen molar-refractivity contribution in [3.05, 3.63) is 34.9 Å². The standard InChI is InChI=1S/C17H23NO2/c1-17(2)12-18(8-9-20-17)11-16(19)15-7-6-13-4-3-5-14(13)10-15/h6-7,10H,3-5,8-9,11-12H2,1-2H3. The third-order valence-electron chi connectivity index (χ3n) is 4.29. The maximum absolute atomic E-state index is 12.4. The molecular weight excluding hydrogens is 250 g/mol. The van der Waals surface area contributed by atoms with Crippen LogP contribution in [0.5, 0.6) is 0 Å².